The molecule has 1 aliphatic rings. The Hall–Kier alpha value is -2.53. The van der Waals surface area contributed by atoms with E-state index in [0.29, 0.717) is 11.6 Å². The SMILES string of the molecule is Cc1cccc(-c2nc(C(=O)NC(C)(C)c3nccs3)ccc2C2CC2)c1. The van der Waals surface area contributed by atoms with Crippen LogP contribution < -0.4 is 5.32 Å². The molecule has 1 fully saturated rings. The number of nitrogens with one attached hydrogen (secondary N) is 1. The number of benzene rings is 1. The number of amides is 1. The van der Waals surface area contributed by atoms with Crippen LogP contribution in [0.4, 0.5) is 0 Å². The summed E-state index contributed by atoms with van der Waals surface area (Å²) in [5.74, 6) is 0.392. The highest BCUT2D eigenvalue weighted by atomic mass is 32.1. The Morgan fingerprint density at radius 3 is 2.70 bits per heavy atom. The molecule has 0 radical (unpaired) electrons. The highest BCUT2D eigenvalue weighted by molar-refractivity contribution is 7.09. The Bertz CT molecular complexity index is 975. The molecule has 5 heteroatoms. The van der Waals surface area contributed by atoms with Gasteiger partial charge in [0.1, 0.15) is 10.7 Å². The number of pyridine rings is 1. The topological polar surface area (TPSA) is 54.9 Å². The zero-order valence-electron chi connectivity index (χ0n) is 15.8. The summed E-state index contributed by atoms with van der Waals surface area (Å²) in [7, 11) is 0. The molecular weight excluding hydrogens is 354 g/mol. The summed E-state index contributed by atoms with van der Waals surface area (Å²) in [6.07, 6.45) is 4.15. The third-order valence-corrected chi connectivity index (χ3v) is 5.96. The van der Waals surface area contributed by atoms with E-state index in [4.69, 9.17) is 4.98 Å². The van der Waals surface area contributed by atoms with Crippen LogP contribution in [0, 0.1) is 6.92 Å². The standard InChI is InChI=1S/C22H23N3OS/c1-14-5-4-6-16(13-14)19-17(15-7-8-15)9-10-18(24-19)20(26)25-22(2,3)21-23-11-12-27-21/h4-6,9-13,15H,7-8H2,1-3H3,(H,25,26). The molecule has 4 rings (SSSR count). The monoisotopic (exact) mass is 377 g/mol. The van der Waals surface area contributed by atoms with Gasteiger partial charge in [-0.3, -0.25) is 4.79 Å². The number of carbonyl (C=O) groups excluding carboxylic acids is 1. The van der Waals surface area contributed by atoms with Gasteiger partial charge in [0, 0.05) is 17.1 Å². The number of thiazole rings is 1. The highest BCUT2D eigenvalue weighted by Crippen LogP contribution is 2.44. The second-order valence-electron chi connectivity index (χ2n) is 7.69. The molecular formula is C22H23N3OS. The van der Waals surface area contributed by atoms with Gasteiger partial charge >= 0.3 is 0 Å². The first-order valence-electron chi connectivity index (χ1n) is 9.24. The Balaban J connectivity index is 1.67. The van der Waals surface area contributed by atoms with Gasteiger partial charge in [0.2, 0.25) is 0 Å². The number of hydrogen-bond acceptors (Lipinski definition) is 4. The van der Waals surface area contributed by atoms with Gasteiger partial charge in [0.05, 0.1) is 11.2 Å². The van der Waals surface area contributed by atoms with Crippen molar-refractivity contribution in [2.24, 2.45) is 0 Å². The molecule has 0 saturated heterocycles. The number of nitrogens with zero attached hydrogens (tertiary/aromatic N) is 2. The number of rotatable bonds is 5. The first kappa shape index (κ1) is 17.9. The molecule has 3 aromatic rings. The van der Waals surface area contributed by atoms with Gasteiger partial charge in [0.25, 0.3) is 5.91 Å². The van der Waals surface area contributed by atoms with Crippen LogP contribution in [0.5, 0.6) is 0 Å². The zero-order chi connectivity index (χ0) is 19.0. The number of aromatic nitrogens is 2. The van der Waals surface area contributed by atoms with Gasteiger partial charge in [-0.1, -0.05) is 29.8 Å². The minimum Gasteiger partial charge on any atom is -0.339 e. The van der Waals surface area contributed by atoms with Crippen LogP contribution in [0.15, 0.2) is 48.0 Å². The number of hydrogen-bond donors (Lipinski definition) is 1. The molecule has 0 aliphatic heterocycles. The lowest BCUT2D eigenvalue weighted by atomic mass is 10.00. The molecule has 2 aromatic heterocycles. The van der Waals surface area contributed by atoms with Crippen LogP contribution >= 0.6 is 11.3 Å². The van der Waals surface area contributed by atoms with Crippen molar-refractivity contribution < 1.29 is 4.79 Å². The molecule has 1 saturated carbocycles. The highest BCUT2D eigenvalue weighted by Gasteiger charge is 2.30. The fourth-order valence-electron chi connectivity index (χ4n) is 3.28. The predicted octanol–water partition coefficient (Wildman–Crippen LogP) is 5.06. The van der Waals surface area contributed by atoms with Crippen LogP contribution in [0.25, 0.3) is 11.3 Å². The quantitative estimate of drug-likeness (QED) is 0.676. The van der Waals surface area contributed by atoms with E-state index in [2.05, 4.69) is 41.5 Å². The summed E-state index contributed by atoms with van der Waals surface area (Å²) in [4.78, 5) is 22.0. The van der Waals surface area contributed by atoms with Crippen LogP contribution in [0.2, 0.25) is 0 Å². The Morgan fingerprint density at radius 1 is 1.22 bits per heavy atom. The van der Waals surface area contributed by atoms with E-state index in [9.17, 15) is 4.79 Å². The van der Waals surface area contributed by atoms with Crippen molar-refractivity contribution in [3.05, 3.63) is 69.8 Å². The molecule has 0 atom stereocenters. The lowest BCUT2D eigenvalue weighted by molar-refractivity contribution is 0.0907. The molecule has 0 spiro atoms. The molecule has 1 amide bonds. The van der Waals surface area contributed by atoms with Crippen LogP contribution in [0.3, 0.4) is 0 Å². The number of aryl methyl sites for hydroxylation is 1. The summed E-state index contributed by atoms with van der Waals surface area (Å²) < 4.78 is 0. The Labute approximate surface area is 163 Å². The second-order valence-corrected chi connectivity index (χ2v) is 8.59. The van der Waals surface area contributed by atoms with E-state index in [-0.39, 0.29) is 5.91 Å². The average molecular weight is 378 g/mol. The van der Waals surface area contributed by atoms with Crippen molar-refractivity contribution in [3.8, 4) is 11.3 Å². The first-order chi connectivity index (χ1) is 12.9. The van der Waals surface area contributed by atoms with Crippen LogP contribution in [-0.4, -0.2) is 15.9 Å². The van der Waals surface area contributed by atoms with Gasteiger partial charge in [-0.05, 0) is 57.2 Å². The molecule has 138 valence electrons. The van der Waals surface area contributed by atoms with Gasteiger partial charge < -0.3 is 5.32 Å². The van der Waals surface area contributed by atoms with Gasteiger partial charge in [-0.15, -0.1) is 11.3 Å². The lowest BCUT2D eigenvalue weighted by Gasteiger charge is -2.23. The first-order valence-corrected chi connectivity index (χ1v) is 10.1. The summed E-state index contributed by atoms with van der Waals surface area (Å²) >= 11 is 1.54. The minimum absolute atomic E-state index is 0.175. The molecule has 0 bridgehead atoms. The Morgan fingerprint density at radius 2 is 2.04 bits per heavy atom. The van der Waals surface area contributed by atoms with E-state index in [0.717, 1.165) is 16.3 Å². The summed E-state index contributed by atoms with van der Waals surface area (Å²) in [5, 5.41) is 5.87. The predicted molar refractivity (Wildman–Crippen MR) is 109 cm³/mol. The molecule has 4 nitrogen and oxygen atoms in total. The zero-order valence-corrected chi connectivity index (χ0v) is 16.6. The molecule has 0 unspecified atom stereocenters. The number of carbonyl (C=O) groups is 1. The van der Waals surface area contributed by atoms with E-state index in [1.54, 1.807) is 6.20 Å². The van der Waals surface area contributed by atoms with E-state index in [1.165, 1.54) is 35.3 Å². The maximum atomic E-state index is 12.9. The van der Waals surface area contributed by atoms with Crippen molar-refractivity contribution in [1.29, 1.82) is 0 Å². The van der Waals surface area contributed by atoms with Gasteiger partial charge in [-0.2, -0.15) is 0 Å². The van der Waals surface area contributed by atoms with E-state index >= 15 is 0 Å². The Kier molecular flexibility index (Phi) is 4.56. The fourth-order valence-corrected chi connectivity index (χ4v) is 4.00. The molecule has 1 aliphatic carbocycles. The van der Waals surface area contributed by atoms with Crippen LogP contribution in [0.1, 0.15) is 59.2 Å². The largest absolute Gasteiger partial charge is 0.339 e. The summed E-state index contributed by atoms with van der Waals surface area (Å²) in [6, 6.07) is 12.3. The van der Waals surface area contributed by atoms with Crippen molar-refractivity contribution in [1.82, 2.24) is 15.3 Å². The lowest BCUT2D eigenvalue weighted by Crippen LogP contribution is -2.41. The minimum atomic E-state index is -0.536. The van der Waals surface area contributed by atoms with E-state index < -0.39 is 5.54 Å². The van der Waals surface area contributed by atoms with Gasteiger partial charge in [0.15, 0.2) is 0 Å². The van der Waals surface area contributed by atoms with E-state index in [1.807, 2.05) is 31.4 Å². The summed E-state index contributed by atoms with van der Waals surface area (Å²) in [6.45, 7) is 6.00. The molecule has 27 heavy (non-hydrogen) atoms. The molecule has 1 aromatic carbocycles. The van der Waals surface area contributed by atoms with Crippen molar-refractivity contribution in [2.45, 2.75) is 45.1 Å². The third kappa shape index (κ3) is 3.78. The van der Waals surface area contributed by atoms with Crippen molar-refractivity contribution in [3.63, 3.8) is 0 Å². The maximum absolute atomic E-state index is 12.9. The normalized spacial score (nSPS) is 14.2. The van der Waals surface area contributed by atoms with Crippen molar-refractivity contribution in [2.75, 3.05) is 0 Å². The third-order valence-electron chi connectivity index (χ3n) is 4.86. The second kappa shape index (κ2) is 6.89. The molecule has 2 heterocycles. The van der Waals surface area contributed by atoms with Gasteiger partial charge in [-0.25, -0.2) is 9.97 Å². The van der Waals surface area contributed by atoms with Crippen molar-refractivity contribution >= 4 is 17.2 Å². The smallest absolute Gasteiger partial charge is 0.270 e. The fraction of sp³-hybridized carbons (Fsp3) is 0.318. The summed E-state index contributed by atoms with van der Waals surface area (Å²) in [5.41, 5.74) is 4.35. The molecule has 1 N–H and O–H groups in total. The van der Waals surface area contributed by atoms with Crippen LogP contribution in [-0.2, 0) is 5.54 Å². The maximum Gasteiger partial charge on any atom is 0.270 e. The average Bonchev–Trinajstić information content (AvgIpc) is 3.33.